The van der Waals surface area contributed by atoms with Gasteiger partial charge in [0.1, 0.15) is 6.54 Å². The van der Waals surface area contributed by atoms with Gasteiger partial charge in [-0.1, -0.05) is 11.6 Å². The molecule has 1 aromatic carbocycles. The highest BCUT2D eigenvalue weighted by atomic mass is 35.5. The van der Waals surface area contributed by atoms with E-state index in [0.717, 1.165) is 17.0 Å². The minimum absolute atomic E-state index is 0.201. The van der Waals surface area contributed by atoms with Crippen molar-refractivity contribution in [3.05, 3.63) is 51.0 Å². The maximum atomic E-state index is 12.4. The second-order valence-corrected chi connectivity index (χ2v) is 7.25. The molecule has 0 saturated carbocycles. The number of hydrogen-bond donors (Lipinski definition) is 1. The lowest BCUT2D eigenvalue weighted by atomic mass is 10.2. The van der Waals surface area contributed by atoms with Crippen molar-refractivity contribution in [1.82, 2.24) is 19.3 Å². The Hall–Kier alpha value is -2.91. The molecule has 138 valence electrons. The fourth-order valence-electron chi connectivity index (χ4n) is 2.79. The Kier molecular flexibility index (Phi) is 4.33. The fraction of sp³-hybridized carbons (Fsp3) is 0.176. The summed E-state index contributed by atoms with van der Waals surface area (Å²) in [6.45, 7) is 1.70. The number of aromatic nitrogens is 4. The number of benzene rings is 1. The summed E-state index contributed by atoms with van der Waals surface area (Å²) >= 11 is 7.27. The summed E-state index contributed by atoms with van der Waals surface area (Å²) in [5.74, 6) is -1.00. The number of thiazole rings is 1. The first-order valence-corrected chi connectivity index (χ1v) is 9.21. The molecule has 1 N–H and O–H groups in total. The molecular weight excluding hydrogens is 390 g/mol. The molecule has 0 fully saturated rings. The highest BCUT2D eigenvalue weighted by Crippen LogP contribution is 2.27. The fourth-order valence-corrected chi connectivity index (χ4v) is 3.69. The van der Waals surface area contributed by atoms with Gasteiger partial charge in [0.2, 0.25) is 5.91 Å². The van der Waals surface area contributed by atoms with Crippen LogP contribution in [0.15, 0.2) is 39.0 Å². The summed E-state index contributed by atoms with van der Waals surface area (Å²) in [7, 11) is 1.84. The van der Waals surface area contributed by atoms with Crippen LogP contribution < -0.4 is 11.1 Å². The van der Waals surface area contributed by atoms with Crippen LogP contribution in [0.2, 0.25) is 5.02 Å². The zero-order valence-electron chi connectivity index (χ0n) is 14.4. The molecule has 4 rings (SSSR count). The van der Waals surface area contributed by atoms with Crippen LogP contribution in [0.4, 0.5) is 5.13 Å². The number of amides is 1. The summed E-state index contributed by atoms with van der Waals surface area (Å²) in [6.07, 6.45) is 1.87. The van der Waals surface area contributed by atoms with Gasteiger partial charge in [-0.3, -0.25) is 14.0 Å². The highest BCUT2D eigenvalue weighted by molar-refractivity contribution is 7.14. The maximum Gasteiger partial charge on any atom is 0.420 e. The number of carbonyl (C=O) groups excluding carboxylic acids is 1. The standard InChI is InChI=1S/C17H14ClN5O3S/c1-9-11(6-22(2)21-9)12-8-27-16(19-12)20-15(24)7-23-13-5-10(18)3-4-14(13)26-17(23)25/h3-6,8H,7H2,1-2H3,(H,19,20,24). The molecular formula is C17H14ClN5O3S. The number of anilines is 1. The van der Waals surface area contributed by atoms with Crippen LogP contribution >= 0.6 is 22.9 Å². The van der Waals surface area contributed by atoms with Gasteiger partial charge in [-0.05, 0) is 25.1 Å². The molecule has 27 heavy (non-hydrogen) atoms. The molecule has 0 aliphatic rings. The number of aryl methyl sites for hydroxylation is 2. The van der Waals surface area contributed by atoms with Crippen LogP contribution in [-0.4, -0.2) is 25.2 Å². The van der Waals surface area contributed by atoms with Gasteiger partial charge in [0.25, 0.3) is 0 Å². The van der Waals surface area contributed by atoms with Crippen LogP contribution in [0.3, 0.4) is 0 Å². The maximum absolute atomic E-state index is 12.4. The van der Waals surface area contributed by atoms with E-state index in [0.29, 0.717) is 21.3 Å². The molecule has 0 radical (unpaired) electrons. The van der Waals surface area contributed by atoms with Gasteiger partial charge in [-0.25, -0.2) is 9.78 Å². The molecule has 3 heterocycles. The molecule has 1 amide bonds. The average molecular weight is 404 g/mol. The number of halogens is 1. The molecule has 0 aliphatic heterocycles. The molecule has 0 saturated heterocycles. The van der Waals surface area contributed by atoms with Gasteiger partial charge in [-0.15, -0.1) is 11.3 Å². The molecule has 0 atom stereocenters. The van der Waals surface area contributed by atoms with Crippen molar-refractivity contribution in [3.63, 3.8) is 0 Å². The van der Waals surface area contributed by atoms with Gasteiger partial charge in [-0.2, -0.15) is 5.10 Å². The van der Waals surface area contributed by atoms with Crippen molar-refractivity contribution < 1.29 is 9.21 Å². The monoisotopic (exact) mass is 403 g/mol. The Labute approximate surface area is 162 Å². The van der Waals surface area contributed by atoms with E-state index in [4.69, 9.17) is 16.0 Å². The first-order valence-electron chi connectivity index (χ1n) is 7.95. The third-order valence-electron chi connectivity index (χ3n) is 3.97. The van der Waals surface area contributed by atoms with Gasteiger partial charge < -0.3 is 9.73 Å². The van der Waals surface area contributed by atoms with E-state index < -0.39 is 5.76 Å². The van der Waals surface area contributed by atoms with E-state index >= 15 is 0 Å². The first-order chi connectivity index (χ1) is 12.9. The van der Waals surface area contributed by atoms with Gasteiger partial charge >= 0.3 is 5.76 Å². The van der Waals surface area contributed by atoms with E-state index in [-0.39, 0.29) is 12.5 Å². The third-order valence-corrected chi connectivity index (χ3v) is 4.96. The largest absolute Gasteiger partial charge is 0.420 e. The van der Waals surface area contributed by atoms with Crippen LogP contribution in [0.5, 0.6) is 0 Å². The zero-order chi connectivity index (χ0) is 19.1. The quantitative estimate of drug-likeness (QED) is 0.565. The van der Waals surface area contributed by atoms with E-state index in [2.05, 4.69) is 15.4 Å². The topological polar surface area (TPSA) is 95.0 Å². The summed E-state index contributed by atoms with van der Waals surface area (Å²) in [5, 5.41) is 9.74. The molecule has 0 bridgehead atoms. The lowest BCUT2D eigenvalue weighted by molar-refractivity contribution is -0.116. The Morgan fingerprint density at radius 1 is 1.41 bits per heavy atom. The third kappa shape index (κ3) is 3.38. The number of carbonyl (C=O) groups is 1. The van der Waals surface area contributed by atoms with Crippen molar-refractivity contribution >= 4 is 45.1 Å². The first kappa shape index (κ1) is 17.5. The Bertz CT molecular complexity index is 1220. The minimum atomic E-state index is -0.617. The summed E-state index contributed by atoms with van der Waals surface area (Å²) in [5.41, 5.74) is 3.34. The van der Waals surface area contributed by atoms with Gasteiger partial charge in [0, 0.05) is 29.2 Å². The number of nitrogens with zero attached hydrogens (tertiary/aromatic N) is 4. The van der Waals surface area contributed by atoms with E-state index in [1.165, 1.54) is 15.9 Å². The zero-order valence-corrected chi connectivity index (χ0v) is 16.0. The molecule has 8 nitrogen and oxygen atoms in total. The van der Waals surface area contributed by atoms with Crippen molar-refractivity contribution in [2.24, 2.45) is 7.05 Å². The smallest absolute Gasteiger partial charge is 0.408 e. The predicted molar refractivity (Wildman–Crippen MR) is 103 cm³/mol. The Morgan fingerprint density at radius 3 is 2.96 bits per heavy atom. The molecule has 0 spiro atoms. The number of fused-ring (bicyclic) bond motifs is 1. The number of oxazole rings is 1. The summed E-state index contributed by atoms with van der Waals surface area (Å²) in [4.78, 5) is 28.8. The molecule has 0 unspecified atom stereocenters. The Morgan fingerprint density at radius 2 is 2.22 bits per heavy atom. The van der Waals surface area contributed by atoms with Crippen molar-refractivity contribution in [1.29, 1.82) is 0 Å². The van der Waals surface area contributed by atoms with Crippen LogP contribution in [-0.2, 0) is 18.4 Å². The number of rotatable bonds is 4. The summed E-state index contributed by atoms with van der Waals surface area (Å²) in [6, 6.07) is 4.80. The summed E-state index contributed by atoms with van der Waals surface area (Å²) < 4.78 is 8.07. The van der Waals surface area contributed by atoms with Crippen LogP contribution in [0.25, 0.3) is 22.4 Å². The molecule has 4 aromatic rings. The number of hydrogen-bond acceptors (Lipinski definition) is 6. The molecule has 3 aromatic heterocycles. The predicted octanol–water partition coefficient (Wildman–Crippen LogP) is 3.05. The van der Waals surface area contributed by atoms with Crippen molar-refractivity contribution in [3.8, 4) is 11.3 Å². The Balaban J connectivity index is 1.54. The highest BCUT2D eigenvalue weighted by Gasteiger charge is 2.15. The van der Waals surface area contributed by atoms with Gasteiger partial charge in [0.15, 0.2) is 10.7 Å². The SMILES string of the molecule is Cc1nn(C)cc1-c1csc(NC(=O)Cn2c(=O)oc3ccc(Cl)cc32)n1. The lowest BCUT2D eigenvalue weighted by Gasteiger charge is -2.03. The number of nitrogens with one attached hydrogen (secondary N) is 1. The second kappa shape index (κ2) is 6.67. The van der Waals surface area contributed by atoms with E-state index in [9.17, 15) is 9.59 Å². The van der Waals surface area contributed by atoms with Crippen LogP contribution in [0, 0.1) is 6.92 Å². The lowest BCUT2D eigenvalue weighted by Crippen LogP contribution is -2.24. The van der Waals surface area contributed by atoms with E-state index in [1.54, 1.807) is 22.9 Å². The minimum Gasteiger partial charge on any atom is -0.408 e. The van der Waals surface area contributed by atoms with Gasteiger partial charge in [0.05, 0.1) is 16.9 Å². The average Bonchev–Trinajstić information content (AvgIpc) is 3.27. The normalized spacial score (nSPS) is 11.2. The molecule has 10 heteroatoms. The van der Waals surface area contributed by atoms with E-state index in [1.807, 2.05) is 25.5 Å². The molecule has 0 aliphatic carbocycles. The van der Waals surface area contributed by atoms with Crippen LogP contribution in [0.1, 0.15) is 5.69 Å². The van der Waals surface area contributed by atoms with Crippen molar-refractivity contribution in [2.45, 2.75) is 13.5 Å². The second-order valence-electron chi connectivity index (χ2n) is 5.95. The van der Waals surface area contributed by atoms with Crippen molar-refractivity contribution in [2.75, 3.05) is 5.32 Å².